The third kappa shape index (κ3) is 5.03. The number of carboxylic acids is 1. The standard InChI is InChI=1S/C18H22NO4P/c19-17(10-11-18(20)21)24(22,23)13-12-15-8-4-5-9-16(15)14-6-2-1-3-7-14/h1-9,17H,10-13,19H2,(H,20,21)(H,22,23). The summed E-state index contributed by atoms with van der Waals surface area (Å²) in [5.74, 6) is -2.02. The summed E-state index contributed by atoms with van der Waals surface area (Å²) in [6, 6.07) is 17.6. The van der Waals surface area contributed by atoms with Gasteiger partial charge in [0.25, 0.3) is 0 Å². The first-order valence-corrected chi connectivity index (χ1v) is 9.74. The van der Waals surface area contributed by atoms with Gasteiger partial charge in [-0.05, 0) is 29.5 Å². The molecule has 0 heterocycles. The van der Waals surface area contributed by atoms with Crippen molar-refractivity contribution in [1.82, 2.24) is 0 Å². The third-order valence-corrected chi connectivity index (χ3v) is 6.13. The van der Waals surface area contributed by atoms with Crippen LogP contribution < -0.4 is 5.73 Å². The van der Waals surface area contributed by atoms with Crippen LogP contribution in [-0.2, 0) is 15.8 Å². The van der Waals surface area contributed by atoms with E-state index in [0.717, 1.165) is 16.7 Å². The van der Waals surface area contributed by atoms with Crippen molar-refractivity contribution in [2.75, 3.05) is 6.16 Å². The number of benzene rings is 2. The lowest BCUT2D eigenvalue weighted by molar-refractivity contribution is -0.137. The van der Waals surface area contributed by atoms with Gasteiger partial charge in [-0.1, -0.05) is 54.6 Å². The van der Waals surface area contributed by atoms with E-state index in [1.807, 2.05) is 54.6 Å². The average Bonchev–Trinajstić information content (AvgIpc) is 2.59. The summed E-state index contributed by atoms with van der Waals surface area (Å²) < 4.78 is 12.4. The second kappa shape index (κ2) is 8.25. The largest absolute Gasteiger partial charge is 0.481 e. The number of nitrogens with two attached hydrogens (primary N) is 1. The van der Waals surface area contributed by atoms with E-state index >= 15 is 0 Å². The van der Waals surface area contributed by atoms with Crippen LogP contribution in [0.4, 0.5) is 0 Å². The molecule has 0 amide bonds. The first kappa shape index (κ1) is 18.4. The lowest BCUT2D eigenvalue weighted by atomic mass is 9.98. The molecule has 0 aliphatic rings. The molecular weight excluding hydrogens is 325 g/mol. The summed E-state index contributed by atoms with van der Waals surface area (Å²) in [5.41, 5.74) is 8.79. The smallest absolute Gasteiger partial charge is 0.303 e. The molecule has 0 saturated carbocycles. The molecule has 0 aliphatic heterocycles. The van der Waals surface area contributed by atoms with Gasteiger partial charge in [0.05, 0.1) is 5.78 Å². The van der Waals surface area contributed by atoms with Crippen LogP contribution in [0.1, 0.15) is 18.4 Å². The van der Waals surface area contributed by atoms with Gasteiger partial charge in [0, 0.05) is 12.6 Å². The Morgan fingerprint density at radius 3 is 2.38 bits per heavy atom. The van der Waals surface area contributed by atoms with Crippen molar-refractivity contribution >= 4 is 13.3 Å². The van der Waals surface area contributed by atoms with Crippen molar-refractivity contribution in [3.05, 3.63) is 60.2 Å². The van der Waals surface area contributed by atoms with Gasteiger partial charge in [-0.15, -0.1) is 0 Å². The lowest BCUT2D eigenvalue weighted by Gasteiger charge is -2.19. The van der Waals surface area contributed by atoms with E-state index in [4.69, 9.17) is 10.8 Å². The molecule has 0 radical (unpaired) electrons. The molecule has 6 heteroatoms. The normalized spacial score (nSPS) is 14.8. The number of hydrogen-bond donors (Lipinski definition) is 3. The first-order valence-electron chi connectivity index (χ1n) is 7.82. The first-order chi connectivity index (χ1) is 11.4. The molecule has 0 aliphatic carbocycles. The molecule has 2 aromatic rings. The highest BCUT2D eigenvalue weighted by atomic mass is 31.2. The van der Waals surface area contributed by atoms with Gasteiger partial charge < -0.3 is 15.7 Å². The summed E-state index contributed by atoms with van der Waals surface area (Å²) in [6.45, 7) is 0. The molecule has 4 N–H and O–H groups in total. The average molecular weight is 347 g/mol. The van der Waals surface area contributed by atoms with E-state index in [1.165, 1.54) is 0 Å². The second-order valence-electron chi connectivity index (χ2n) is 5.75. The predicted molar refractivity (Wildman–Crippen MR) is 95.1 cm³/mol. The van der Waals surface area contributed by atoms with E-state index < -0.39 is 19.1 Å². The third-order valence-electron chi connectivity index (χ3n) is 3.98. The Morgan fingerprint density at radius 2 is 1.71 bits per heavy atom. The topological polar surface area (TPSA) is 101 Å². The van der Waals surface area contributed by atoms with Crippen molar-refractivity contribution in [3.8, 4) is 11.1 Å². The number of carboxylic acid groups (broad SMARTS) is 1. The second-order valence-corrected chi connectivity index (χ2v) is 8.37. The van der Waals surface area contributed by atoms with Crippen LogP contribution in [0.2, 0.25) is 0 Å². The lowest BCUT2D eigenvalue weighted by Crippen LogP contribution is -2.23. The van der Waals surface area contributed by atoms with Crippen LogP contribution in [0.5, 0.6) is 0 Å². The molecular formula is C18H22NO4P. The maximum atomic E-state index is 12.4. The van der Waals surface area contributed by atoms with Crippen LogP contribution in [0.3, 0.4) is 0 Å². The molecule has 0 saturated heterocycles. The number of carbonyl (C=O) groups is 1. The Hall–Kier alpha value is -1.94. The minimum Gasteiger partial charge on any atom is -0.481 e. The highest BCUT2D eigenvalue weighted by Gasteiger charge is 2.27. The van der Waals surface area contributed by atoms with Gasteiger partial charge in [0.1, 0.15) is 0 Å². The summed E-state index contributed by atoms with van der Waals surface area (Å²) in [5, 5.41) is 8.67. The molecule has 0 aromatic heterocycles. The maximum absolute atomic E-state index is 12.4. The van der Waals surface area contributed by atoms with E-state index in [1.54, 1.807) is 0 Å². The fourth-order valence-corrected chi connectivity index (χ4v) is 3.98. The van der Waals surface area contributed by atoms with Gasteiger partial charge in [0.2, 0.25) is 7.37 Å². The highest BCUT2D eigenvalue weighted by Crippen LogP contribution is 2.46. The number of aryl methyl sites for hydroxylation is 1. The molecule has 2 unspecified atom stereocenters. The number of aliphatic carboxylic acids is 1. The van der Waals surface area contributed by atoms with Crippen molar-refractivity contribution < 1.29 is 19.4 Å². The van der Waals surface area contributed by atoms with Crippen LogP contribution >= 0.6 is 7.37 Å². The van der Waals surface area contributed by atoms with E-state index in [0.29, 0.717) is 6.42 Å². The minimum atomic E-state index is -3.60. The molecule has 0 fully saturated rings. The van der Waals surface area contributed by atoms with Gasteiger partial charge in [0.15, 0.2) is 0 Å². The van der Waals surface area contributed by atoms with Gasteiger partial charge in [-0.25, -0.2) is 0 Å². The fraction of sp³-hybridized carbons (Fsp3) is 0.278. The van der Waals surface area contributed by atoms with Crippen molar-refractivity contribution in [1.29, 1.82) is 0 Å². The predicted octanol–water partition coefficient (Wildman–Crippen LogP) is 3.32. The molecule has 2 rings (SSSR count). The molecule has 128 valence electrons. The zero-order valence-electron chi connectivity index (χ0n) is 13.3. The Bertz CT molecular complexity index is 733. The van der Waals surface area contributed by atoms with Gasteiger partial charge in [-0.2, -0.15) is 0 Å². The van der Waals surface area contributed by atoms with Crippen molar-refractivity contribution in [2.45, 2.75) is 25.0 Å². The van der Waals surface area contributed by atoms with E-state index in [9.17, 15) is 14.3 Å². The van der Waals surface area contributed by atoms with Crippen LogP contribution in [-0.4, -0.2) is 27.9 Å². The fourth-order valence-electron chi connectivity index (χ4n) is 2.56. The highest BCUT2D eigenvalue weighted by molar-refractivity contribution is 7.58. The molecule has 24 heavy (non-hydrogen) atoms. The Balaban J connectivity index is 2.09. The maximum Gasteiger partial charge on any atom is 0.303 e. The summed E-state index contributed by atoms with van der Waals surface area (Å²) in [7, 11) is -3.60. The Kier molecular flexibility index (Phi) is 6.32. The SMILES string of the molecule is NC(CCC(=O)O)P(=O)(O)CCc1ccccc1-c1ccccc1. The summed E-state index contributed by atoms with van der Waals surface area (Å²) in [6.07, 6.45) is 0.257. The van der Waals surface area contributed by atoms with Gasteiger partial charge in [-0.3, -0.25) is 9.36 Å². The molecule has 5 nitrogen and oxygen atoms in total. The monoisotopic (exact) mass is 347 g/mol. The van der Waals surface area contributed by atoms with Crippen molar-refractivity contribution in [3.63, 3.8) is 0 Å². The van der Waals surface area contributed by atoms with Gasteiger partial charge >= 0.3 is 5.97 Å². The summed E-state index contributed by atoms with van der Waals surface area (Å²) in [4.78, 5) is 20.7. The quantitative estimate of drug-likeness (QED) is 0.636. The zero-order chi connectivity index (χ0) is 17.6. The molecule has 2 atom stereocenters. The van der Waals surface area contributed by atoms with E-state index in [-0.39, 0.29) is 19.0 Å². The number of hydrogen-bond acceptors (Lipinski definition) is 3. The van der Waals surface area contributed by atoms with Crippen LogP contribution in [0, 0.1) is 0 Å². The number of rotatable bonds is 8. The zero-order valence-corrected chi connectivity index (χ0v) is 14.2. The van der Waals surface area contributed by atoms with E-state index in [2.05, 4.69) is 0 Å². The molecule has 0 bridgehead atoms. The summed E-state index contributed by atoms with van der Waals surface area (Å²) >= 11 is 0. The molecule has 2 aromatic carbocycles. The Labute approximate surface area is 141 Å². The minimum absolute atomic E-state index is 0.00342. The van der Waals surface area contributed by atoms with Crippen LogP contribution in [0.25, 0.3) is 11.1 Å². The molecule has 0 spiro atoms. The van der Waals surface area contributed by atoms with Crippen LogP contribution in [0.15, 0.2) is 54.6 Å². The Morgan fingerprint density at radius 1 is 1.08 bits per heavy atom. The van der Waals surface area contributed by atoms with Crippen molar-refractivity contribution in [2.24, 2.45) is 5.73 Å².